The maximum absolute atomic E-state index is 6.19. The van der Waals surface area contributed by atoms with Crippen molar-refractivity contribution < 1.29 is 9.47 Å². The van der Waals surface area contributed by atoms with Gasteiger partial charge < -0.3 is 15.2 Å². The number of benzene rings is 1. The van der Waals surface area contributed by atoms with Crippen LogP contribution in [-0.2, 0) is 4.74 Å². The first-order chi connectivity index (χ1) is 9.19. The van der Waals surface area contributed by atoms with Crippen LogP contribution in [0.1, 0.15) is 44.2 Å². The highest BCUT2D eigenvalue weighted by molar-refractivity contribution is 5.30. The fourth-order valence-electron chi connectivity index (χ4n) is 2.74. The van der Waals surface area contributed by atoms with E-state index in [1.54, 1.807) is 7.11 Å². The van der Waals surface area contributed by atoms with E-state index in [1.165, 1.54) is 25.7 Å². The monoisotopic (exact) mass is 263 g/mol. The minimum absolute atomic E-state index is 0.0765. The molecule has 1 fully saturated rings. The van der Waals surface area contributed by atoms with Crippen LogP contribution >= 0.6 is 0 Å². The second-order valence-corrected chi connectivity index (χ2v) is 5.61. The van der Waals surface area contributed by atoms with Gasteiger partial charge in [-0.05, 0) is 36.5 Å². The molecule has 0 bridgehead atoms. The lowest BCUT2D eigenvalue weighted by Crippen LogP contribution is -2.26. The molecule has 1 aromatic rings. The van der Waals surface area contributed by atoms with Crippen molar-refractivity contribution in [3.05, 3.63) is 29.8 Å². The molecule has 1 aromatic carbocycles. The van der Waals surface area contributed by atoms with Crippen molar-refractivity contribution >= 4 is 0 Å². The van der Waals surface area contributed by atoms with Crippen molar-refractivity contribution in [1.82, 2.24) is 0 Å². The molecule has 19 heavy (non-hydrogen) atoms. The molecule has 106 valence electrons. The van der Waals surface area contributed by atoms with Gasteiger partial charge in [0.05, 0.1) is 25.9 Å². The Balaban J connectivity index is 1.84. The lowest BCUT2D eigenvalue weighted by Gasteiger charge is -2.28. The summed E-state index contributed by atoms with van der Waals surface area (Å²) in [5, 5.41) is 0. The molecule has 0 spiro atoms. The number of nitrogens with two attached hydrogens (primary N) is 1. The van der Waals surface area contributed by atoms with Gasteiger partial charge in [-0.25, -0.2) is 0 Å². The molecule has 3 atom stereocenters. The summed E-state index contributed by atoms with van der Waals surface area (Å²) in [7, 11) is 1.67. The SMILES string of the molecule is COc1cccc(C(N)COC2CCCC(C)C2)c1. The summed E-state index contributed by atoms with van der Waals surface area (Å²) >= 11 is 0. The van der Waals surface area contributed by atoms with Crippen molar-refractivity contribution in [2.24, 2.45) is 11.7 Å². The first kappa shape index (κ1) is 14.4. The van der Waals surface area contributed by atoms with E-state index in [0.717, 1.165) is 17.2 Å². The predicted octanol–water partition coefficient (Wildman–Crippen LogP) is 3.29. The third-order valence-corrected chi connectivity index (χ3v) is 3.92. The van der Waals surface area contributed by atoms with Gasteiger partial charge >= 0.3 is 0 Å². The molecule has 1 saturated carbocycles. The number of hydrogen-bond acceptors (Lipinski definition) is 3. The van der Waals surface area contributed by atoms with Crippen molar-refractivity contribution in [3.63, 3.8) is 0 Å². The smallest absolute Gasteiger partial charge is 0.119 e. The minimum Gasteiger partial charge on any atom is -0.497 e. The van der Waals surface area contributed by atoms with Gasteiger partial charge in [0, 0.05) is 0 Å². The molecule has 3 nitrogen and oxygen atoms in total. The molecule has 0 aliphatic heterocycles. The molecule has 0 heterocycles. The quantitative estimate of drug-likeness (QED) is 0.886. The van der Waals surface area contributed by atoms with Crippen LogP contribution in [0.25, 0.3) is 0 Å². The van der Waals surface area contributed by atoms with Crippen LogP contribution in [0.3, 0.4) is 0 Å². The van der Waals surface area contributed by atoms with Crippen molar-refractivity contribution in [3.8, 4) is 5.75 Å². The Hall–Kier alpha value is -1.06. The van der Waals surface area contributed by atoms with Gasteiger partial charge in [-0.1, -0.05) is 31.9 Å². The zero-order valence-corrected chi connectivity index (χ0v) is 12.0. The normalized spacial score (nSPS) is 25.0. The summed E-state index contributed by atoms with van der Waals surface area (Å²) in [6, 6.07) is 7.83. The molecule has 2 N–H and O–H groups in total. The molecule has 3 heteroatoms. The fraction of sp³-hybridized carbons (Fsp3) is 0.625. The maximum Gasteiger partial charge on any atom is 0.119 e. The summed E-state index contributed by atoms with van der Waals surface area (Å²) in [4.78, 5) is 0. The Bertz CT molecular complexity index is 394. The van der Waals surface area contributed by atoms with E-state index in [9.17, 15) is 0 Å². The highest BCUT2D eigenvalue weighted by Gasteiger charge is 2.20. The third-order valence-electron chi connectivity index (χ3n) is 3.92. The lowest BCUT2D eigenvalue weighted by atomic mass is 9.89. The summed E-state index contributed by atoms with van der Waals surface area (Å²) in [6.07, 6.45) is 5.35. The Morgan fingerprint density at radius 2 is 2.21 bits per heavy atom. The molecule has 0 amide bonds. The highest BCUT2D eigenvalue weighted by Crippen LogP contribution is 2.26. The van der Waals surface area contributed by atoms with Crippen LogP contribution in [0, 0.1) is 5.92 Å². The predicted molar refractivity (Wildman–Crippen MR) is 77.3 cm³/mol. The molecule has 1 aliphatic carbocycles. The first-order valence-corrected chi connectivity index (χ1v) is 7.20. The summed E-state index contributed by atoms with van der Waals surface area (Å²) in [5.41, 5.74) is 7.26. The summed E-state index contributed by atoms with van der Waals surface area (Å²) < 4.78 is 11.2. The van der Waals surface area contributed by atoms with Crippen LogP contribution in [0.4, 0.5) is 0 Å². The Morgan fingerprint density at radius 3 is 2.95 bits per heavy atom. The second kappa shape index (κ2) is 6.92. The summed E-state index contributed by atoms with van der Waals surface area (Å²) in [5.74, 6) is 1.63. The van der Waals surface area contributed by atoms with E-state index < -0.39 is 0 Å². The van der Waals surface area contributed by atoms with Gasteiger partial charge in [-0.3, -0.25) is 0 Å². The second-order valence-electron chi connectivity index (χ2n) is 5.61. The lowest BCUT2D eigenvalue weighted by molar-refractivity contribution is 0.00850. The van der Waals surface area contributed by atoms with Crippen LogP contribution in [0.15, 0.2) is 24.3 Å². The van der Waals surface area contributed by atoms with Gasteiger partial charge in [0.1, 0.15) is 5.75 Å². The van der Waals surface area contributed by atoms with E-state index in [2.05, 4.69) is 6.92 Å². The molecular weight excluding hydrogens is 238 g/mol. The summed E-state index contributed by atoms with van der Waals surface area (Å²) in [6.45, 7) is 2.89. The van der Waals surface area contributed by atoms with Gasteiger partial charge in [0.25, 0.3) is 0 Å². The highest BCUT2D eigenvalue weighted by atomic mass is 16.5. The van der Waals surface area contributed by atoms with Crippen LogP contribution in [0.2, 0.25) is 0 Å². The van der Waals surface area contributed by atoms with Crippen LogP contribution < -0.4 is 10.5 Å². The zero-order chi connectivity index (χ0) is 13.7. The molecule has 2 rings (SSSR count). The Kier molecular flexibility index (Phi) is 5.23. The number of ether oxygens (including phenoxy) is 2. The van der Waals surface area contributed by atoms with Crippen LogP contribution in [-0.4, -0.2) is 19.8 Å². The average molecular weight is 263 g/mol. The standard InChI is InChI=1S/C16H25NO2/c1-12-5-3-8-15(9-12)19-11-16(17)13-6-4-7-14(10-13)18-2/h4,6-7,10,12,15-16H,3,5,8-9,11,17H2,1-2H3. The van der Waals surface area contributed by atoms with Gasteiger partial charge in [0.2, 0.25) is 0 Å². The number of rotatable bonds is 5. The van der Waals surface area contributed by atoms with E-state index in [1.807, 2.05) is 24.3 Å². The molecular formula is C16H25NO2. The topological polar surface area (TPSA) is 44.5 Å². The number of methoxy groups -OCH3 is 1. The zero-order valence-electron chi connectivity index (χ0n) is 12.0. The van der Waals surface area contributed by atoms with Gasteiger partial charge in [-0.2, -0.15) is 0 Å². The largest absolute Gasteiger partial charge is 0.497 e. The van der Waals surface area contributed by atoms with Gasteiger partial charge in [0.15, 0.2) is 0 Å². The molecule has 3 unspecified atom stereocenters. The Morgan fingerprint density at radius 1 is 1.37 bits per heavy atom. The molecule has 0 radical (unpaired) electrons. The fourth-order valence-corrected chi connectivity index (χ4v) is 2.74. The van der Waals surface area contributed by atoms with E-state index in [4.69, 9.17) is 15.2 Å². The third kappa shape index (κ3) is 4.22. The average Bonchev–Trinajstić information content (AvgIpc) is 2.45. The minimum atomic E-state index is -0.0765. The van der Waals surface area contributed by atoms with Crippen LogP contribution in [0.5, 0.6) is 5.75 Å². The Labute approximate surface area is 116 Å². The molecule has 1 aliphatic rings. The van der Waals surface area contributed by atoms with E-state index >= 15 is 0 Å². The number of hydrogen-bond donors (Lipinski definition) is 1. The van der Waals surface area contributed by atoms with Gasteiger partial charge in [-0.15, -0.1) is 0 Å². The van der Waals surface area contributed by atoms with Crippen molar-refractivity contribution in [2.75, 3.05) is 13.7 Å². The molecule has 0 saturated heterocycles. The maximum atomic E-state index is 6.19. The van der Waals surface area contributed by atoms with E-state index in [0.29, 0.717) is 12.7 Å². The van der Waals surface area contributed by atoms with Crippen molar-refractivity contribution in [2.45, 2.75) is 44.8 Å². The van der Waals surface area contributed by atoms with E-state index in [-0.39, 0.29) is 6.04 Å². The van der Waals surface area contributed by atoms with Crippen molar-refractivity contribution in [1.29, 1.82) is 0 Å². The first-order valence-electron chi connectivity index (χ1n) is 7.20. The molecule has 0 aromatic heterocycles.